The molecule has 0 saturated heterocycles. The highest BCUT2D eigenvalue weighted by molar-refractivity contribution is 7.92. The molecule has 0 unspecified atom stereocenters. The molecule has 0 aliphatic rings. The summed E-state index contributed by atoms with van der Waals surface area (Å²) in [5, 5.41) is 2.79. The van der Waals surface area contributed by atoms with Gasteiger partial charge in [-0.05, 0) is 43.2 Å². The quantitative estimate of drug-likeness (QED) is 0.584. The summed E-state index contributed by atoms with van der Waals surface area (Å²) in [4.78, 5) is 12.2. The standard InChI is InChI=1S/C18H24N2O5S/c1-2-12-26(22,23)20-16-7-3-6-15(13-16)18(21)19-9-5-10-24-14-17-8-4-11-25-17/h3-4,6-8,11,13,20H,2,5,9-10,12,14H2,1H3,(H,19,21). The van der Waals surface area contributed by atoms with Crippen LogP contribution in [0.3, 0.4) is 0 Å². The Kier molecular flexibility index (Phi) is 7.68. The minimum absolute atomic E-state index is 0.0431. The van der Waals surface area contributed by atoms with Gasteiger partial charge in [0.1, 0.15) is 12.4 Å². The van der Waals surface area contributed by atoms with Crippen LogP contribution < -0.4 is 10.0 Å². The molecule has 1 amide bonds. The predicted octanol–water partition coefficient (Wildman–Crippen LogP) is 2.77. The number of benzene rings is 1. The number of sulfonamides is 1. The monoisotopic (exact) mass is 380 g/mol. The Morgan fingerprint density at radius 1 is 1.23 bits per heavy atom. The molecular weight excluding hydrogens is 356 g/mol. The van der Waals surface area contributed by atoms with Crippen molar-refractivity contribution in [3.8, 4) is 0 Å². The minimum Gasteiger partial charge on any atom is -0.467 e. The lowest BCUT2D eigenvalue weighted by Gasteiger charge is -2.09. The topological polar surface area (TPSA) is 97.6 Å². The van der Waals surface area contributed by atoms with Crippen LogP contribution in [-0.4, -0.2) is 33.2 Å². The molecule has 2 N–H and O–H groups in total. The zero-order chi connectivity index (χ0) is 18.8. The summed E-state index contributed by atoms with van der Waals surface area (Å²) in [6.45, 7) is 3.16. The van der Waals surface area contributed by atoms with Crippen LogP contribution in [-0.2, 0) is 21.4 Å². The second kappa shape index (κ2) is 9.98. The number of hydrogen-bond donors (Lipinski definition) is 2. The summed E-state index contributed by atoms with van der Waals surface area (Å²) in [6.07, 6.45) is 2.78. The maximum atomic E-state index is 12.2. The highest BCUT2D eigenvalue weighted by atomic mass is 32.2. The maximum absolute atomic E-state index is 12.2. The fourth-order valence-corrected chi connectivity index (χ4v) is 3.39. The Morgan fingerprint density at radius 2 is 2.08 bits per heavy atom. The van der Waals surface area contributed by atoms with Gasteiger partial charge in [-0.3, -0.25) is 9.52 Å². The molecule has 2 rings (SSSR count). The molecule has 0 saturated carbocycles. The Hall–Kier alpha value is -2.32. The maximum Gasteiger partial charge on any atom is 0.251 e. The van der Waals surface area contributed by atoms with Crippen molar-refractivity contribution in [2.75, 3.05) is 23.6 Å². The molecule has 0 spiro atoms. The third kappa shape index (κ3) is 6.89. The number of carbonyl (C=O) groups is 1. The number of ether oxygens (including phenoxy) is 1. The summed E-state index contributed by atoms with van der Waals surface area (Å²) < 4.78 is 36.7. The van der Waals surface area contributed by atoms with Crippen molar-refractivity contribution in [1.29, 1.82) is 0 Å². The van der Waals surface area contributed by atoms with Gasteiger partial charge in [0.15, 0.2) is 0 Å². The van der Waals surface area contributed by atoms with E-state index in [0.717, 1.165) is 5.76 Å². The molecule has 2 aromatic rings. The molecule has 8 heteroatoms. The van der Waals surface area contributed by atoms with E-state index in [9.17, 15) is 13.2 Å². The van der Waals surface area contributed by atoms with Crippen LogP contribution in [0.15, 0.2) is 47.1 Å². The first-order valence-electron chi connectivity index (χ1n) is 8.49. The Balaban J connectivity index is 1.74. The van der Waals surface area contributed by atoms with Crippen molar-refractivity contribution in [3.63, 3.8) is 0 Å². The lowest BCUT2D eigenvalue weighted by atomic mass is 10.2. The summed E-state index contributed by atoms with van der Waals surface area (Å²) in [7, 11) is -3.38. The smallest absolute Gasteiger partial charge is 0.251 e. The van der Waals surface area contributed by atoms with E-state index in [0.29, 0.717) is 43.9 Å². The molecule has 1 aromatic heterocycles. The number of rotatable bonds is 11. The molecule has 1 heterocycles. The number of hydrogen-bond acceptors (Lipinski definition) is 5. The van der Waals surface area contributed by atoms with Crippen molar-refractivity contribution in [1.82, 2.24) is 5.32 Å². The second-order valence-electron chi connectivity index (χ2n) is 5.74. The number of anilines is 1. The molecular formula is C18H24N2O5S. The van der Waals surface area contributed by atoms with E-state index < -0.39 is 10.0 Å². The van der Waals surface area contributed by atoms with E-state index in [4.69, 9.17) is 9.15 Å². The Labute approximate surface area is 153 Å². The van der Waals surface area contributed by atoms with Crippen molar-refractivity contribution in [3.05, 3.63) is 54.0 Å². The van der Waals surface area contributed by atoms with Gasteiger partial charge in [-0.2, -0.15) is 0 Å². The SMILES string of the molecule is CCCS(=O)(=O)Nc1cccc(C(=O)NCCCOCc2ccco2)c1. The average molecular weight is 380 g/mol. The predicted molar refractivity (Wildman–Crippen MR) is 99.5 cm³/mol. The third-order valence-corrected chi connectivity index (χ3v) is 4.94. The number of carbonyl (C=O) groups excluding carboxylic acids is 1. The van der Waals surface area contributed by atoms with Gasteiger partial charge < -0.3 is 14.5 Å². The van der Waals surface area contributed by atoms with Crippen molar-refractivity contribution < 1.29 is 22.4 Å². The van der Waals surface area contributed by atoms with Crippen LogP contribution in [0.4, 0.5) is 5.69 Å². The molecule has 0 fully saturated rings. The number of furan rings is 1. The zero-order valence-corrected chi connectivity index (χ0v) is 15.6. The highest BCUT2D eigenvalue weighted by Gasteiger charge is 2.11. The Morgan fingerprint density at radius 3 is 2.81 bits per heavy atom. The van der Waals surface area contributed by atoms with E-state index in [1.54, 1.807) is 37.5 Å². The summed E-state index contributed by atoms with van der Waals surface area (Å²) >= 11 is 0. The van der Waals surface area contributed by atoms with E-state index in [1.165, 1.54) is 6.07 Å². The minimum atomic E-state index is -3.38. The van der Waals surface area contributed by atoms with Crippen molar-refractivity contribution in [2.24, 2.45) is 0 Å². The molecule has 0 bridgehead atoms. The first kappa shape index (κ1) is 20.0. The number of nitrogens with one attached hydrogen (secondary N) is 2. The lowest BCUT2D eigenvalue weighted by Crippen LogP contribution is -2.25. The van der Waals surface area contributed by atoms with E-state index >= 15 is 0 Å². The molecule has 0 aliphatic heterocycles. The van der Waals surface area contributed by atoms with E-state index in [-0.39, 0.29) is 11.7 Å². The normalized spacial score (nSPS) is 11.3. The van der Waals surface area contributed by atoms with Gasteiger partial charge >= 0.3 is 0 Å². The fourth-order valence-electron chi connectivity index (χ4n) is 2.27. The third-order valence-electron chi connectivity index (χ3n) is 3.45. The van der Waals surface area contributed by atoms with Gasteiger partial charge in [0.25, 0.3) is 5.91 Å². The molecule has 0 radical (unpaired) electrons. The largest absolute Gasteiger partial charge is 0.467 e. The molecule has 142 valence electrons. The molecule has 26 heavy (non-hydrogen) atoms. The van der Waals surface area contributed by atoms with Gasteiger partial charge in [0.05, 0.1) is 12.0 Å². The van der Waals surface area contributed by atoms with Crippen molar-refractivity contribution >= 4 is 21.6 Å². The lowest BCUT2D eigenvalue weighted by molar-refractivity contribution is 0.0917. The second-order valence-corrected chi connectivity index (χ2v) is 7.59. The van der Waals surface area contributed by atoms with Crippen LogP contribution in [0.25, 0.3) is 0 Å². The van der Waals surface area contributed by atoms with Crippen LogP contribution in [0.2, 0.25) is 0 Å². The van der Waals surface area contributed by atoms with Crippen LogP contribution in [0.1, 0.15) is 35.9 Å². The van der Waals surface area contributed by atoms with Gasteiger partial charge in [0, 0.05) is 24.4 Å². The van der Waals surface area contributed by atoms with E-state index in [2.05, 4.69) is 10.0 Å². The van der Waals surface area contributed by atoms with Crippen LogP contribution >= 0.6 is 0 Å². The first-order chi connectivity index (χ1) is 12.5. The van der Waals surface area contributed by atoms with Crippen LogP contribution in [0.5, 0.6) is 0 Å². The summed E-state index contributed by atoms with van der Waals surface area (Å²) in [5.41, 5.74) is 0.783. The van der Waals surface area contributed by atoms with E-state index in [1.807, 2.05) is 6.07 Å². The number of amides is 1. The molecule has 0 atom stereocenters. The fraction of sp³-hybridized carbons (Fsp3) is 0.389. The van der Waals surface area contributed by atoms with Gasteiger partial charge in [-0.25, -0.2) is 8.42 Å². The first-order valence-corrected chi connectivity index (χ1v) is 10.1. The highest BCUT2D eigenvalue weighted by Crippen LogP contribution is 2.13. The average Bonchev–Trinajstić information content (AvgIpc) is 3.11. The summed E-state index contributed by atoms with van der Waals surface area (Å²) in [6, 6.07) is 10.1. The van der Waals surface area contributed by atoms with Gasteiger partial charge in [-0.15, -0.1) is 0 Å². The van der Waals surface area contributed by atoms with Gasteiger partial charge in [0.2, 0.25) is 10.0 Å². The molecule has 7 nitrogen and oxygen atoms in total. The molecule has 0 aliphatic carbocycles. The Bertz CT molecular complexity index is 788. The van der Waals surface area contributed by atoms with Crippen molar-refractivity contribution in [2.45, 2.75) is 26.4 Å². The van der Waals surface area contributed by atoms with Gasteiger partial charge in [-0.1, -0.05) is 13.0 Å². The molecule has 1 aromatic carbocycles. The zero-order valence-electron chi connectivity index (χ0n) is 14.7. The van der Waals surface area contributed by atoms with Crippen LogP contribution in [0, 0.1) is 0 Å². The summed E-state index contributed by atoms with van der Waals surface area (Å²) in [5.74, 6) is 0.547.